The zero-order valence-corrected chi connectivity index (χ0v) is 16.6. The summed E-state index contributed by atoms with van der Waals surface area (Å²) in [6.45, 7) is -0.748. The molecule has 3 rings (SSSR count). The topological polar surface area (TPSA) is 92.8 Å². The van der Waals surface area contributed by atoms with E-state index in [1.54, 1.807) is 12.1 Å². The number of nitrogens with one attached hydrogen (secondary N) is 1. The molecule has 0 saturated carbocycles. The predicted molar refractivity (Wildman–Crippen MR) is 105 cm³/mol. The number of carbonyl (C=O) groups excluding carboxylic acids is 4. The maximum Gasteiger partial charge on any atom is 0.337 e. The van der Waals surface area contributed by atoms with Crippen LogP contribution >= 0.6 is 11.8 Å². The lowest BCUT2D eigenvalue weighted by Crippen LogP contribution is -2.36. The largest absolute Gasteiger partial charge is 0.465 e. The van der Waals surface area contributed by atoms with Gasteiger partial charge in [0.2, 0.25) is 5.91 Å². The second-order valence-electron chi connectivity index (χ2n) is 6.15. The highest BCUT2D eigenvalue weighted by Gasteiger charge is 2.36. The van der Waals surface area contributed by atoms with Crippen molar-refractivity contribution >= 4 is 46.5 Å². The average molecular weight is 450 g/mol. The Morgan fingerprint density at radius 3 is 2.39 bits per heavy atom. The number of benzene rings is 2. The van der Waals surface area contributed by atoms with Gasteiger partial charge < -0.3 is 10.1 Å². The Balaban J connectivity index is 1.70. The molecule has 1 fully saturated rings. The highest BCUT2D eigenvalue weighted by molar-refractivity contribution is 8.18. The van der Waals surface area contributed by atoms with Gasteiger partial charge in [0.15, 0.2) is 17.5 Å². The summed E-state index contributed by atoms with van der Waals surface area (Å²) >= 11 is 0.591. The number of ether oxygens (including phenoxy) is 1. The zero-order chi connectivity index (χ0) is 22.7. The van der Waals surface area contributed by atoms with Crippen LogP contribution in [-0.2, 0) is 14.3 Å². The van der Waals surface area contributed by atoms with Crippen molar-refractivity contribution in [3.8, 4) is 0 Å². The minimum atomic E-state index is -1.76. The summed E-state index contributed by atoms with van der Waals surface area (Å²) in [6.07, 6.45) is 1.40. The molecular weight excluding hydrogens is 437 g/mol. The first-order chi connectivity index (χ1) is 14.7. The van der Waals surface area contributed by atoms with E-state index in [-0.39, 0.29) is 4.91 Å². The van der Waals surface area contributed by atoms with Crippen molar-refractivity contribution in [3.63, 3.8) is 0 Å². The van der Waals surface area contributed by atoms with E-state index in [4.69, 9.17) is 0 Å². The summed E-state index contributed by atoms with van der Waals surface area (Å²) in [7, 11) is 1.24. The Morgan fingerprint density at radius 1 is 1.06 bits per heavy atom. The van der Waals surface area contributed by atoms with Gasteiger partial charge in [-0.2, -0.15) is 0 Å². The lowest BCUT2D eigenvalue weighted by atomic mass is 10.1. The van der Waals surface area contributed by atoms with Gasteiger partial charge >= 0.3 is 5.97 Å². The molecule has 0 bridgehead atoms. The number of imide groups is 1. The van der Waals surface area contributed by atoms with Gasteiger partial charge in [-0.05, 0) is 47.7 Å². The number of rotatable bonds is 5. The van der Waals surface area contributed by atoms with Crippen LogP contribution in [0.15, 0.2) is 41.3 Å². The maximum absolute atomic E-state index is 13.7. The molecule has 160 valence electrons. The molecule has 0 aromatic heterocycles. The van der Waals surface area contributed by atoms with Crippen LogP contribution in [0.2, 0.25) is 0 Å². The van der Waals surface area contributed by atoms with Gasteiger partial charge in [0.25, 0.3) is 11.1 Å². The van der Waals surface area contributed by atoms with E-state index in [1.165, 1.54) is 25.3 Å². The van der Waals surface area contributed by atoms with E-state index in [2.05, 4.69) is 4.74 Å². The lowest BCUT2D eigenvalue weighted by molar-refractivity contribution is -0.127. The number of amides is 3. The molecular formula is C20H13F3N2O5S. The first-order valence-corrected chi connectivity index (χ1v) is 9.40. The number of esters is 1. The zero-order valence-electron chi connectivity index (χ0n) is 15.8. The van der Waals surface area contributed by atoms with Gasteiger partial charge in [-0.25, -0.2) is 18.0 Å². The molecule has 2 aromatic rings. The average Bonchev–Trinajstić information content (AvgIpc) is 3.01. The molecule has 1 aliphatic rings. The number of hydrogen-bond acceptors (Lipinski definition) is 6. The summed E-state index contributed by atoms with van der Waals surface area (Å²) in [4.78, 5) is 48.8. The first kappa shape index (κ1) is 22.1. The van der Waals surface area contributed by atoms with Gasteiger partial charge in [-0.3, -0.25) is 19.3 Å². The predicted octanol–water partition coefficient (Wildman–Crippen LogP) is 3.57. The smallest absolute Gasteiger partial charge is 0.337 e. The maximum atomic E-state index is 13.7. The van der Waals surface area contributed by atoms with Crippen LogP contribution in [0.25, 0.3) is 6.08 Å². The van der Waals surface area contributed by atoms with Gasteiger partial charge in [0.1, 0.15) is 6.54 Å². The Kier molecular flexibility index (Phi) is 6.44. The molecule has 3 amide bonds. The molecule has 1 aliphatic heterocycles. The van der Waals surface area contributed by atoms with E-state index >= 15 is 0 Å². The van der Waals surface area contributed by atoms with Gasteiger partial charge in [-0.1, -0.05) is 12.1 Å². The van der Waals surface area contributed by atoms with E-state index in [1.807, 2.05) is 5.32 Å². The molecule has 1 N–H and O–H groups in total. The van der Waals surface area contributed by atoms with Gasteiger partial charge in [-0.15, -0.1) is 0 Å². The normalized spacial score (nSPS) is 14.8. The third-order valence-electron chi connectivity index (χ3n) is 4.11. The Bertz CT molecular complexity index is 1120. The number of nitrogens with zero attached hydrogens (tertiary/aromatic N) is 1. The minimum Gasteiger partial charge on any atom is -0.465 e. The fraction of sp³-hybridized carbons (Fsp3) is 0.100. The first-order valence-electron chi connectivity index (χ1n) is 8.58. The molecule has 31 heavy (non-hydrogen) atoms. The van der Waals surface area contributed by atoms with Crippen molar-refractivity contribution in [2.75, 3.05) is 19.0 Å². The molecule has 0 atom stereocenters. The van der Waals surface area contributed by atoms with E-state index in [0.717, 1.165) is 6.07 Å². The van der Waals surface area contributed by atoms with Crippen molar-refractivity contribution in [3.05, 3.63) is 69.9 Å². The van der Waals surface area contributed by atoms with E-state index in [9.17, 15) is 32.3 Å². The van der Waals surface area contributed by atoms with E-state index in [0.29, 0.717) is 33.9 Å². The summed E-state index contributed by atoms with van der Waals surface area (Å²) in [5.74, 6) is -7.05. The molecule has 2 aromatic carbocycles. The minimum absolute atomic E-state index is 0.0302. The summed E-state index contributed by atoms with van der Waals surface area (Å²) in [5, 5.41) is 1.26. The lowest BCUT2D eigenvalue weighted by Gasteiger charge is -2.13. The highest BCUT2D eigenvalue weighted by atomic mass is 32.2. The third-order valence-corrected chi connectivity index (χ3v) is 5.02. The molecule has 0 aliphatic carbocycles. The second-order valence-corrected chi connectivity index (χ2v) is 7.15. The van der Waals surface area contributed by atoms with Crippen molar-refractivity contribution in [1.82, 2.24) is 4.90 Å². The fourth-order valence-corrected chi connectivity index (χ4v) is 3.42. The standard InChI is InChI=1S/C20H13F3N2O5S/c1-30-19(28)11-4-2-10(3-5-11)8-14-18(27)25(20(29)31-14)9-15(26)24-13-7-6-12(21)16(22)17(13)23/h2-8H,9H2,1H3,(H,24,26)/b14-8+. The highest BCUT2D eigenvalue weighted by Crippen LogP contribution is 2.32. The summed E-state index contributed by atoms with van der Waals surface area (Å²) in [6, 6.07) is 7.48. The monoisotopic (exact) mass is 450 g/mol. The molecule has 0 unspecified atom stereocenters. The SMILES string of the molecule is COC(=O)c1ccc(/C=C2/SC(=O)N(CC(=O)Nc3ccc(F)c(F)c3F)C2=O)cc1. The summed E-state index contributed by atoms with van der Waals surface area (Å²) in [5.41, 5.74) is 0.192. The quantitative estimate of drug-likeness (QED) is 0.425. The second kappa shape index (κ2) is 9.04. The van der Waals surface area contributed by atoms with E-state index < -0.39 is 52.7 Å². The van der Waals surface area contributed by atoms with Crippen LogP contribution in [0.3, 0.4) is 0 Å². The number of thioether (sulfide) groups is 1. The Hall–Kier alpha value is -3.60. The van der Waals surface area contributed by atoms with Crippen LogP contribution in [0.5, 0.6) is 0 Å². The van der Waals surface area contributed by atoms with Crippen molar-refractivity contribution in [2.24, 2.45) is 0 Å². The number of hydrogen-bond donors (Lipinski definition) is 1. The number of halogens is 3. The van der Waals surface area contributed by atoms with Crippen molar-refractivity contribution < 1.29 is 37.1 Å². The molecule has 7 nitrogen and oxygen atoms in total. The van der Waals surface area contributed by atoms with Crippen LogP contribution < -0.4 is 5.32 Å². The number of carbonyl (C=O) groups is 4. The molecule has 11 heteroatoms. The molecule has 1 heterocycles. The molecule has 0 spiro atoms. The fourth-order valence-electron chi connectivity index (χ4n) is 2.58. The van der Waals surface area contributed by atoms with Crippen molar-refractivity contribution in [2.45, 2.75) is 0 Å². The van der Waals surface area contributed by atoms with Crippen LogP contribution in [0.4, 0.5) is 23.7 Å². The molecule has 1 saturated heterocycles. The van der Waals surface area contributed by atoms with Crippen LogP contribution in [-0.4, -0.2) is 41.6 Å². The van der Waals surface area contributed by atoms with Gasteiger partial charge in [0.05, 0.1) is 23.3 Å². The third kappa shape index (κ3) is 4.77. The number of methoxy groups -OCH3 is 1. The van der Waals surface area contributed by atoms with Gasteiger partial charge in [0, 0.05) is 0 Å². The van der Waals surface area contributed by atoms with Crippen LogP contribution in [0, 0.1) is 17.5 Å². The summed E-state index contributed by atoms with van der Waals surface area (Å²) < 4.78 is 44.5. The number of anilines is 1. The Morgan fingerprint density at radius 2 is 1.74 bits per heavy atom. The molecule has 0 radical (unpaired) electrons. The Labute approximate surface area is 177 Å². The van der Waals surface area contributed by atoms with Crippen LogP contribution in [0.1, 0.15) is 15.9 Å². The van der Waals surface area contributed by atoms with Crippen molar-refractivity contribution in [1.29, 1.82) is 0 Å².